The fraction of sp³-hybridized carbons (Fsp3) is 0. The summed E-state index contributed by atoms with van der Waals surface area (Å²) in [5, 5.41) is 0. The van der Waals surface area contributed by atoms with Crippen LogP contribution in [0.2, 0.25) is 0 Å². The first-order valence-electron chi connectivity index (χ1n) is 5.33. The Hall–Kier alpha value is -1.67. The molecule has 20 heavy (non-hydrogen) atoms. The standard InChI is InChI=1S/C12H9BrF2N2O2S/c13-8-2-1-3-10(15)12(8)17-20(18,19)7-4-5-9(14)11(16)6-7/h1-6,17H,16H2. The van der Waals surface area contributed by atoms with Crippen LogP contribution in [0.5, 0.6) is 0 Å². The maximum atomic E-state index is 13.6. The third-order valence-corrected chi connectivity index (χ3v) is 4.49. The molecular formula is C12H9BrF2N2O2S. The van der Waals surface area contributed by atoms with Crippen molar-refractivity contribution in [2.75, 3.05) is 10.5 Å². The SMILES string of the molecule is Nc1cc(S(=O)(=O)Nc2c(F)cccc2Br)ccc1F. The number of benzene rings is 2. The van der Waals surface area contributed by atoms with Crippen molar-refractivity contribution in [3.63, 3.8) is 0 Å². The van der Waals surface area contributed by atoms with Crippen molar-refractivity contribution in [1.29, 1.82) is 0 Å². The van der Waals surface area contributed by atoms with E-state index >= 15 is 0 Å². The van der Waals surface area contributed by atoms with Crippen molar-refractivity contribution < 1.29 is 17.2 Å². The van der Waals surface area contributed by atoms with Crippen LogP contribution < -0.4 is 10.5 Å². The molecule has 0 aromatic heterocycles. The van der Waals surface area contributed by atoms with Gasteiger partial charge < -0.3 is 5.73 Å². The molecule has 0 fully saturated rings. The van der Waals surface area contributed by atoms with E-state index in [0.29, 0.717) is 0 Å². The number of nitrogens with one attached hydrogen (secondary N) is 1. The van der Waals surface area contributed by atoms with Gasteiger partial charge in [-0.2, -0.15) is 0 Å². The van der Waals surface area contributed by atoms with Gasteiger partial charge in [-0.15, -0.1) is 0 Å². The van der Waals surface area contributed by atoms with E-state index in [4.69, 9.17) is 5.73 Å². The zero-order chi connectivity index (χ0) is 14.9. The average molecular weight is 363 g/mol. The molecule has 0 amide bonds. The Labute approximate surface area is 122 Å². The van der Waals surface area contributed by atoms with E-state index in [1.807, 2.05) is 0 Å². The highest BCUT2D eigenvalue weighted by Gasteiger charge is 2.19. The van der Waals surface area contributed by atoms with Gasteiger partial charge >= 0.3 is 0 Å². The largest absolute Gasteiger partial charge is 0.396 e. The predicted molar refractivity (Wildman–Crippen MR) is 75.7 cm³/mol. The molecule has 8 heteroatoms. The lowest BCUT2D eigenvalue weighted by Gasteiger charge is -2.11. The highest BCUT2D eigenvalue weighted by Crippen LogP contribution is 2.28. The molecule has 0 spiro atoms. The third-order valence-electron chi connectivity index (χ3n) is 2.48. The summed E-state index contributed by atoms with van der Waals surface area (Å²) in [6.45, 7) is 0. The molecule has 2 aromatic rings. The summed E-state index contributed by atoms with van der Waals surface area (Å²) in [4.78, 5) is -0.258. The fourth-order valence-electron chi connectivity index (χ4n) is 1.48. The van der Waals surface area contributed by atoms with Crippen LogP contribution in [0.25, 0.3) is 0 Å². The quantitative estimate of drug-likeness (QED) is 0.824. The van der Waals surface area contributed by atoms with Crippen LogP contribution in [0.1, 0.15) is 0 Å². The summed E-state index contributed by atoms with van der Waals surface area (Å²) in [5.41, 5.74) is 4.79. The van der Waals surface area contributed by atoms with Crippen molar-refractivity contribution in [2.24, 2.45) is 0 Å². The van der Waals surface area contributed by atoms with Crippen LogP contribution in [-0.4, -0.2) is 8.42 Å². The highest BCUT2D eigenvalue weighted by molar-refractivity contribution is 9.10. The molecule has 0 bridgehead atoms. The highest BCUT2D eigenvalue weighted by atomic mass is 79.9. The monoisotopic (exact) mass is 362 g/mol. The maximum absolute atomic E-state index is 13.6. The summed E-state index contributed by atoms with van der Waals surface area (Å²) in [7, 11) is -4.06. The first kappa shape index (κ1) is 14.7. The summed E-state index contributed by atoms with van der Waals surface area (Å²) >= 11 is 3.05. The van der Waals surface area contributed by atoms with Gasteiger partial charge in [-0.3, -0.25) is 4.72 Å². The second-order valence-corrected chi connectivity index (χ2v) is 6.42. The molecule has 0 aliphatic carbocycles. The van der Waals surface area contributed by atoms with Crippen molar-refractivity contribution in [2.45, 2.75) is 4.90 Å². The van der Waals surface area contributed by atoms with E-state index in [1.165, 1.54) is 12.1 Å². The molecule has 3 N–H and O–H groups in total. The lowest BCUT2D eigenvalue weighted by atomic mass is 10.3. The minimum absolute atomic E-state index is 0.226. The minimum Gasteiger partial charge on any atom is -0.396 e. The Morgan fingerprint density at radius 3 is 2.40 bits per heavy atom. The van der Waals surface area contributed by atoms with E-state index in [1.54, 1.807) is 0 Å². The van der Waals surface area contributed by atoms with Crippen LogP contribution in [-0.2, 0) is 10.0 Å². The molecule has 0 radical (unpaired) electrons. The number of rotatable bonds is 3. The number of halogens is 3. The first-order valence-corrected chi connectivity index (χ1v) is 7.61. The minimum atomic E-state index is -4.06. The van der Waals surface area contributed by atoms with Gasteiger partial charge in [0.15, 0.2) is 0 Å². The number of nitrogens with two attached hydrogens (primary N) is 1. The number of hydrogen-bond donors (Lipinski definition) is 2. The zero-order valence-corrected chi connectivity index (χ0v) is 12.3. The molecule has 0 aliphatic heterocycles. The Balaban J connectivity index is 2.43. The van der Waals surface area contributed by atoms with Crippen LogP contribution >= 0.6 is 15.9 Å². The summed E-state index contributed by atoms with van der Waals surface area (Å²) in [6, 6.07) is 6.96. The van der Waals surface area contributed by atoms with Crippen LogP contribution in [0, 0.1) is 11.6 Å². The predicted octanol–water partition coefficient (Wildman–Crippen LogP) is 3.11. The number of nitrogen functional groups attached to an aromatic ring is 1. The number of hydrogen-bond acceptors (Lipinski definition) is 3. The van der Waals surface area contributed by atoms with Gasteiger partial charge in [-0.05, 0) is 46.3 Å². The maximum Gasteiger partial charge on any atom is 0.262 e. The summed E-state index contributed by atoms with van der Waals surface area (Å²) < 4.78 is 53.2. The molecule has 4 nitrogen and oxygen atoms in total. The lowest BCUT2D eigenvalue weighted by molar-refractivity contribution is 0.597. The summed E-state index contributed by atoms with van der Waals surface area (Å²) in [6.07, 6.45) is 0. The number of sulfonamides is 1. The molecule has 2 rings (SSSR count). The van der Waals surface area contributed by atoms with Gasteiger partial charge in [0.2, 0.25) is 0 Å². The number of anilines is 2. The van der Waals surface area contributed by atoms with Crippen molar-refractivity contribution in [3.05, 3.63) is 52.5 Å². The van der Waals surface area contributed by atoms with Crippen molar-refractivity contribution in [1.82, 2.24) is 0 Å². The topological polar surface area (TPSA) is 72.2 Å². The molecule has 106 valence electrons. The molecule has 0 heterocycles. The van der Waals surface area contributed by atoms with Gasteiger partial charge in [0.05, 0.1) is 16.3 Å². The Bertz CT molecular complexity index is 746. The second kappa shape index (κ2) is 5.37. The smallest absolute Gasteiger partial charge is 0.262 e. The Morgan fingerprint density at radius 2 is 1.80 bits per heavy atom. The van der Waals surface area contributed by atoms with Crippen LogP contribution in [0.3, 0.4) is 0 Å². The van der Waals surface area contributed by atoms with Gasteiger partial charge in [0, 0.05) is 4.47 Å². The molecule has 0 aliphatic rings. The fourth-order valence-corrected chi connectivity index (χ4v) is 3.17. The molecule has 0 saturated heterocycles. The van der Waals surface area contributed by atoms with Crippen LogP contribution in [0.4, 0.5) is 20.2 Å². The van der Waals surface area contributed by atoms with Gasteiger partial charge in [-0.1, -0.05) is 6.07 Å². The van der Waals surface area contributed by atoms with Crippen molar-refractivity contribution in [3.8, 4) is 0 Å². The summed E-state index contributed by atoms with van der Waals surface area (Å²) in [5.74, 6) is -1.46. The van der Waals surface area contributed by atoms with Gasteiger partial charge in [0.1, 0.15) is 11.6 Å². The third kappa shape index (κ3) is 2.91. The van der Waals surface area contributed by atoms with E-state index in [2.05, 4.69) is 20.7 Å². The van der Waals surface area contributed by atoms with E-state index in [-0.39, 0.29) is 20.7 Å². The molecular weight excluding hydrogens is 354 g/mol. The van der Waals surface area contributed by atoms with E-state index < -0.39 is 21.7 Å². The Morgan fingerprint density at radius 1 is 1.10 bits per heavy atom. The van der Waals surface area contributed by atoms with Gasteiger partial charge in [-0.25, -0.2) is 17.2 Å². The molecule has 0 unspecified atom stereocenters. The molecule has 2 aromatic carbocycles. The average Bonchev–Trinajstić information content (AvgIpc) is 2.37. The zero-order valence-electron chi connectivity index (χ0n) is 9.90. The lowest BCUT2D eigenvalue weighted by Crippen LogP contribution is -2.15. The Kier molecular flexibility index (Phi) is 3.96. The second-order valence-electron chi connectivity index (χ2n) is 3.89. The molecule has 0 atom stereocenters. The normalized spacial score (nSPS) is 11.3. The van der Waals surface area contributed by atoms with E-state index in [0.717, 1.165) is 24.3 Å². The molecule has 0 saturated carbocycles. The van der Waals surface area contributed by atoms with Crippen LogP contribution in [0.15, 0.2) is 45.8 Å². The van der Waals surface area contributed by atoms with E-state index in [9.17, 15) is 17.2 Å². The van der Waals surface area contributed by atoms with Gasteiger partial charge in [0.25, 0.3) is 10.0 Å². The van der Waals surface area contributed by atoms with Crippen molar-refractivity contribution >= 4 is 37.3 Å². The number of para-hydroxylation sites is 1. The first-order chi connectivity index (χ1) is 9.31.